The average Bonchev–Trinajstić information content (AvgIpc) is 2.46. The van der Waals surface area contributed by atoms with Crippen molar-refractivity contribution in [2.75, 3.05) is 11.9 Å². The second-order valence-corrected chi connectivity index (χ2v) is 6.66. The van der Waals surface area contributed by atoms with Crippen molar-refractivity contribution >= 4 is 49.1 Å². The van der Waals surface area contributed by atoms with Gasteiger partial charge in [-0.05, 0) is 48.4 Å². The molecule has 0 aromatic heterocycles. The standard InChI is InChI=1S/C16H16Br2ClN/c1-11(12-3-6-15(19)7-4-12)20(2)16-8-5-14(18)9-13(16)10-17/h3-9,11H,10H2,1-2H3. The zero-order chi connectivity index (χ0) is 14.7. The van der Waals surface area contributed by atoms with Crippen LogP contribution in [0.15, 0.2) is 46.9 Å². The van der Waals surface area contributed by atoms with Crippen LogP contribution in [0.4, 0.5) is 5.69 Å². The van der Waals surface area contributed by atoms with Crippen LogP contribution >= 0.6 is 43.5 Å². The number of benzene rings is 2. The zero-order valence-electron chi connectivity index (χ0n) is 11.4. The van der Waals surface area contributed by atoms with E-state index in [1.165, 1.54) is 16.8 Å². The summed E-state index contributed by atoms with van der Waals surface area (Å²) in [7, 11) is 2.12. The number of nitrogens with zero attached hydrogens (tertiary/aromatic N) is 1. The Morgan fingerprint density at radius 1 is 1.15 bits per heavy atom. The van der Waals surface area contributed by atoms with E-state index in [0.29, 0.717) is 0 Å². The Balaban J connectivity index is 2.30. The molecular weight excluding hydrogens is 401 g/mol. The maximum atomic E-state index is 5.95. The predicted molar refractivity (Wildman–Crippen MR) is 95.0 cm³/mol. The topological polar surface area (TPSA) is 3.24 Å². The molecule has 1 nitrogen and oxygen atoms in total. The first-order valence-corrected chi connectivity index (χ1v) is 8.65. The molecule has 0 spiro atoms. The fourth-order valence-electron chi connectivity index (χ4n) is 2.18. The van der Waals surface area contributed by atoms with Gasteiger partial charge >= 0.3 is 0 Å². The maximum absolute atomic E-state index is 5.95. The third-order valence-electron chi connectivity index (χ3n) is 3.50. The van der Waals surface area contributed by atoms with Crippen LogP contribution in [0.5, 0.6) is 0 Å². The fraction of sp³-hybridized carbons (Fsp3) is 0.250. The van der Waals surface area contributed by atoms with Gasteiger partial charge in [-0.1, -0.05) is 55.6 Å². The Morgan fingerprint density at radius 3 is 2.40 bits per heavy atom. The Kier molecular flexibility index (Phi) is 5.53. The lowest BCUT2D eigenvalue weighted by Crippen LogP contribution is -2.22. The summed E-state index contributed by atoms with van der Waals surface area (Å²) >= 11 is 13.0. The molecule has 4 heteroatoms. The van der Waals surface area contributed by atoms with E-state index in [0.717, 1.165) is 14.8 Å². The summed E-state index contributed by atoms with van der Waals surface area (Å²) in [4.78, 5) is 2.28. The van der Waals surface area contributed by atoms with E-state index in [9.17, 15) is 0 Å². The molecule has 106 valence electrons. The van der Waals surface area contributed by atoms with E-state index in [1.807, 2.05) is 12.1 Å². The maximum Gasteiger partial charge on any atom is 0.0511 e. The molecule has 0 aliphatic carbocycles. The van der Waals surface area contributed by atoms with E-state index in [2.05, 4.69) is 81.1 Å². The predicted octanol–water partition coefficient (Wildman–Crippen LogP) is 6.19. The lowest BCUT2D eigenvalue weighted by Gasteiger charge is -2.29. The molecule has 2 rings (SSSR count). The van der Waals surface area contributed by atoms with Crippen LogP contribution in [0, 0.1) is 0 Å². The van der Waals surface area contributed by atoms with Gasteiger partial charge in [0, 0.05) is 27.6 Å². The quantitative estimate of drug-likeness (QED) is 0.536. The summed E-state index contributed by atoms with van der Waals surface area (Å²) in [6, 6.07) is 14.7. The van der Waals surface area contributed by atoms with E-state index in [4.69, 9.17) is 11.6 Å². The van der Waals surface area contributed by atoms with Gasteiger partial charge < -0.3 is 4.90 Å². The highest BCUT2D eigenvalue weighted by molar-refractivity contribution is 9.10. The molecule has 0 aliphatic rings. The SMILES string of the molecule is CC(c1ccc(Cl)cc1)N(C)c1ccc(Br)cc1CBr. The van der Waals surface area contributed by atoms with Crippen molar-refractivity contribution in [3.05, 3.63) is 63.1 Å². The van der Waals surface area contributed by atoms with Crippen molar-refractivity contribution in [1.29, 1.82) is 0 Å². The van der Waals surface area contributed by atoms with Crippen LogP contribution in [0.1, 0.15) is 24.1 Å². The summed E-state index contributed by atoms with van der Waals surface area (Å²) in [6.07, 6.45) is 0. The van der Waals surface area contributed by atoms with Gasteiger partial charge in [0.2, 0.25) is 0 Å². The highest BCUT2D eigenvalue weighted by Crippen LogP contribution is 2.31. The number of anilines is 1. The van der Waals surface area contributed by atoms with Crippen LogP contribution < -0.4 is 4.90 Å². The Bertz CT molecular complexity index is 584. The molecule has 0 radical (unpaired) electrons. The fourth-order valence-corrected chi connectivity index (χ4v) is 3.16. The number of rotatable bonds is 4. The first-order valence-electron chi connectivity index (χ1n) is 6.35. The van der Waals surface area contributed by atoms with Crippen molar-refractivity contribution < 1.29 is 0 Å². The van der Waals surface area contributed by atoms with Crippen molar-refractivity contribution in [1.82, 2.24) is 0 Å². The van der Waals surface area contributed by atoms with E-state index < -0.39 is 0 Å². The Labute approximate surface area is 142 Å². The highest BCUT2D eigenvalue weighted by Gasteiger charge is 2.15. The molecule has 20 heavy (non-hydrogen) atoms. The Morgan fingerprint density at radius 2 is 1.80 bits per heavy atom. The number of halogens is 3. The van der Waals surface area contributed by atoms with E-state index in [1.54, 1.807) is 0 Å². The summed E-state index contributed by atoms with van der Waals surface area (Å²) in [5.74, 6) is 0. The van der Waals surface area contributed by atoms with Crippen molar-refractivity contribution in [2.45, 2.75) is 18.3 Å². The van der Waals surface area contributed by atoms with Crippen molar-refractivity contribution in [2.24, 2.45) is 0 Å². The van der Waals surface area contributed by atoms with Crippen LogP contribution in [-0.2, 0) is 5.33 Å². The summed E-state index contributed by atoms with van der Waals surface area (Å²) in [6.45, 7) is 2.20. The smallest absolute Gasteiger partial charge is 0.0511 e. The minimum absolute atomic E-state index is 0.284. The molecule has 0 amide bonds. The average molecular weight is 418 g/mol. The minimum atomic E-state index is 0.284. The van der Waals surface area contributed by atoms with Crippen LogP contribution in [0.25, 0.3) is 0 Å². The largest absolute Gasteiger partial charge is 0.368 e. The van der Waals surface area contributed by atoms with Gasteiger partial charge in [-0.2, -0.15) is 0 Å². The normalized spacial score (nSPS) is 12.2. The van der Waals surface area contributed by atoms with Crippen LogP contribution in [-0.4, -0.2) is 7.05 Å². The highest BCUT2D eigenvalue weighted by atomic mass is 79.9. The second kappa shape index (κ2) is 6.97. The van der Waals surface area contributed by atoms with E-state index >= 15 is 0 Å². The third-order valence-corrected chi connectivity index (χ3v) is 4.85. The third kappa shape index (κ3) is 3.57. The van der Waals surface area contributed by atoms with Crippen molar-refractivity contribution in [3.63, 3.8) is 0 Å². The lowest BCUT2D eigenvalue weighted by atomic mass is 10.1. The van der Waals surface area contributed by atoms with Crippen LogP contribution in [0.2, 0.25) is 5.02 Å². The number of hydrogen-bond acceptors (Lipinski definition) is 1. The molecule has 0 bridgehead atoms. The molecule has 1 atom stereocenters. The van der Waals surface area contributed by atoms with Gasteiger partial charge in [0.15, 0.2) is 0 Å². The van der Waals surface area contributed by atoms with Gasteiger partial charge in [-0.15, -0.1) is 0 Å². The summed E-state index contributed by atoms with van der Waals surface area (Å²) in [5.41, 5.74) is 3.75. The molecule has 0 saturated heterocycles. The first-order chi connectivity index (χ1) is 9.52. The zero-order valence-corrected chi connectivity index (χ0v) is 15.3. The van der Waals surface area contributed by atoms with Crippen molar-refractivity contribution in [3.8, 4) is 0 Å². The Hall–Kier alpha value is -0.510. The van der Waals surface area contributed by atoms with Gasteiger partial charge in [-0.25, -0.2) is 0 Å². The van der Waals surface area contributed by atoms with Crippen LogP contribution in [0.3, 0.4) is 0 Å². The van der Waals surface area contributed by atoms with Gasteiger partial charge in [-0.3, -0.25) is 0 Å². The first kappa shape index (κ1) is 15.9. The summed E-state index contributed by atoms with van der Waals surface area (Å²) < 4.78 is 1.10. The molecule has 0 N–H and O–H groups in total. The molecule has 0 aliphatic heterocycles. The number of alkyl halides is 1. The van der Waals surface area contributed by atoms with Gasteiger partial charge in [0.25, 0.3) is 0 Å². The minimum Gasteiger partial charge on any atom is -0.368 e. The second-order valence-electron chi connectivity index (χ2n) is 4.75. The molecule has 0 heterocycles. The van der Waals surface area contributed by atoms with E-state index in [-0.39, 0.29) is 6.04 Å². The van der Waals surface area contributed by atoms with Gasteiger partial charge in [0.05, 0.1) is 6.04 Å². The molecule has 1 unspecified atom stereocenters. The summed E-state index contributed by atoms with van der Waals surface area (Å²) in [5, 5.41) is 1.60. The molecular formula is C16H16Br2ClN. The molecule has 2 aromatic rings. The molecule has 2 aromatic carbocycles. The van der Waals surface area contributed by atoms with Gasteiger partial charge in [0.1, 0.15) is 0 Å². The monoisotopic (exact) mass is 415 g/mol. The molecule has 0 saturated carbocycles. The lowest BCUT2D eigenvalue weighted by molar-refractivity contribution is 0.737. The molecule has 0 fully saturated rings. The number of hydrogen-bond donors (Lipinski definition) is 0.